The topological polar surface area (TPSA) is 69.8 Å². The molecule has 3 N–H and O–H groups in total. The van der Waals surface area contributed by atoms with Crippen LogP contribution in [0.15, 0.2) is 42.5 Å². The Kier molecular flexibility index (Phi) is 4.38. The number of carbonyl (C=O) groups is 1. The third kappa shape index (κ3) is 3.06. The molecular formula is C19H18F2N4O. The number of halogens is 2. The van der Waals surface area contributed by atoms with E-state index in [1.165, 1.54) is 6.07 Å². The number of piperidine rings is 1. The Morgan fingerprint density at radius 1 is 1.15 bits per heavy atom. The molecule has 3 aromatic rings. The monoisotopic (exact) mass is 356 g/mol. The number of nitrogens with one attached hydrogen (secondary N) is 3. The lowest BCUT2D eigenvalue weighted by atomic mass is 9.86. The fourth-order valence-corrected chi connectivity index (χ4v) is 3.53. The normalized spacial score (nSPS) is 20.2. The summed E-state index contributed by atoms with van der Waals surface area (Å²) < 4.78 is 26.9. The van der Waals surface area contributed by atoms with Gasteiger partial charge >= 0.3 is 0 Å². The molecule has 4 rings (SSSR count). The summed E-state index contributed by atoms with van der Waals surface area (Å²) in [7, 11) is 0. The van der Waals surface area contributed by atoms with Crippen LogP contribution in [-0.2, 0) is 0 Å². The van der Waals surface area contributed by atoms with E-state index in [0.29, 0.717) is 17.8 Å². The minimum atomic E-state index is -0.871. The highest BCUT2D eigenvalue weighted by Crippen LogP contribution is 2.27. The van der Waals surface area contributed by atoms with Gasteiger partial charge in [0.2, 0.25) is 0 Å². The molecule has 2 atom stereocenters. The maximum Gasteiger partial charge on any atom is 0.272 e. The van der Waals surface area contributed by atoms with Crippen molar-refractivity contribution >= 4 is 16.8 Å². The van der Waals surface area contributed by atoms with E-state index < -0.39 is 11.6 Å². The SMILES string of the molecule is O=C(NC1CNCCC1c1ccc(F)c(F)c1)c1n[nH]c2ccccc12. The smallest absolute Gasteiger partial charge is 0.272 e. The highest BCUT2D eigenvalue weighted by molar-refractivity contribution is 6.04. The number of H-pyrrole nitrogens is 1. The summed E-state index contributed by atoms with van der Waals surface area (Å²) in [6.45, 7) is 1.30. The van der Waals surface area contributed by atoms with Crippen LogP contribution in [0.2, 0.25) is 0 Å². The third-order valence-electron chi connectivity index (χ3n) is 4.86. The summed E-state index contributed by atoms with van der Waals surface area (Å²) in [5.74, 6) is -2.13. The van der Waals surface area contributed by atoms with Gasteiger partial charge in [0.1, 0.15) is 0 Å². The van der Waals surface area contributed by atoms with Crippen LogP contribution in [0.3, 0.4) is 0 Å². The molecule has 5 nitrogen and oxygen atoms in total. The molecule has 1 fully saturated rings. The molecule has 134 valence electrons. The van der Waals surface area contributed by atoms with Gasteiger partial charge in [-0.2, -0.15) is 5.10 Å². The first-order chi connectivity index (χ1) is 12.6. The molecule has 2 unspecified atom stereocenters. The van der Waals surface area contributed by atoms with E-state index in [0.717, 1.165) is 29.9 Å². The van der Waals surface area contributed by atoms with Crippen LogP contribution in [0, 0.1) is 11.6 Å². The minimum Gasteiger partial charge on any atom is -0.346 e. The van der Waals surface area contributed by atoms with Crippen molar-refractivity contribution in [3.63, 3.8) is 0 Å². The lowest BCUT2D eigenvalue weighted by Crippen LogP contribution is -2.50. The standard InChI is InChI=1S/C19H18F2N4O/c20-14-6-5-11(9-15(14)21)12-7-8-22-10-17(12)23-19(26)18-13-3-1-2-4-16(13)24-25-18/h1-6,9,12,17,22H,7-8,10H2,(H,23,26)(H,24,25). The van der Waals surface area contributed by atoms with Crippen LogP contribution >= 0.6 is 0 Å². The number of hydrogen-bond donors (Lipinski definition) is 3. The van der Waals surface area contributed by atoms with E-state index in [2.05, 4.69) is 20.8 Å². The second-order valence-corrected chi connectivity index (χ2v) is 6.47. The molecule has 2 heterocycles. The molecule has 2 aromatic carbocycles. The lowest BCUT2D eigenvalue weighted by Gasteiger charge is -2.33. The van der Waals surface area contributed by atoms with Gasteiger partial charge in [-0.25, -0.2) is 8.78 Å². The largest absolute Gasteiger partial charge is 0.346 e. The molecular weight excluding hydrogens is 338 g/mol. The van der Waals surface area contributed by atoms with E-state index in [1.54, 1.807) is 6.07 Å². The molecule has 0 bridgehead atoms. The average Bonchev–Trinajstić information content (AvgIpc) is 3.09. The maximum absolute atomic E-state index is 13.6. The van der Waals surface area contributed by atoms with Crippen molar-refractivity contribution in [3.8, 4) is 0 Å². The molecule has 0 aliphatic carbocycles. The van der Waals surface area contributed by atoms with Gasteiger partial charge in [-0.05, 0) is 36.7 Å². The number of fused-ring (bicyclic) bond motifs is 1. The average molecular weight is 356 g/mol. The van der Waals surface area contributed by atoms with Gasteiger partial charge in [0.25, 0.3) is 5.91 Å². The highest BCUT2D eigenvalue weighted by Gasteiger charge is 2.29. The number of rotatable bonds is 3. The molecule has 1 aliphatic rings. The molecule has 7 heteroatoms. The summed E-state index contributed by atoms with van der Waals surface area (Å²) in [6, 6.07) is 11.1. The van der Waals surface area contributed by atoms with E-state index in [4.69, 9.17) is 0 Å². The van der Waals surface area contributed by atoms with Gasteiger partial charge in [-0.15, -0.1) is 0 Å². The van der Waals surface area contributed by atoms with Crippen molar-refractivity contribution < 1.29 is 13.6 Å². The number of aromatic nitrogens is 2. The van der Waals surface area contributed by atoms with E-state index in [1.807, 2.05) is 24.3 Å². The Morgan fingerprint density at radius 2 is 2.00 bits per heavy atom. The number of amides is 1. The Bertz CT molecular complexity index is 956. The second kappa shape index (κ2) is 6.84. The number of aromatic amines is 1. The van der Waals surface area contributed by atoms with Gasteiger partial charge in [-0.3, -0.25) is 9.89 Å². The number of carbonyl (C=O) groups excluding carboxylic acids is 1. The molecule has 0 radical (unpaired) electrons. The Balaban J connectivity index is 1.58. The summed E-state index contributed by atoms with van der Waals surface area (Å²) in [5.41, 5.74) is 1.80. The predicted octanol–water partition coefficient (Wildman–Crippen LogP) is 2.72. The van der Waals surface area contributed by atoms with Crippen molar-refractivity contribution in [2.24, 2.45) is 0 Å². The number of benzene rings is 2. The van der Waals surface area contributed by atoms with Gasteiger partial charge < -0.3 is 10.6 Å². The van der Waals surface area contributed by atoms with E-state index in [9.17, 15) is 13.6 Å². The molecule has 1 aliphatic heterocycles. The fourth-order valence-electron chi connectivity index (χ4n) is 3.53. The van der Waals surface area contributed by atoms with Crippen LogP contribution < -0.4 is 10.6 Å². The third-order valence-corrected chi connectivity index (χ3v) is 4.86. The van der Waals surface area contributed by atoms with Gasteiger partial charge in [-0.1, -0.05) is 24.3 Å². The predicted molar refractivity (Wildman–Crippen MR) is 93.9 cm³/mol. The lowest BCUT2D eigenvalue weighted by molar-refractivity contribution is 0.0921. The van der Waals surface area contributed by atoms with Crippen LogP contribution in [0.5, 0.6) is 0 Å². The fraction of sp³-hybridized carbons (Fsp3) is 0.263. The van der Waals surface area contributed by atoms with Gasteiger partial charge in [0.05, 0.1) is 5.52 Å². The Labute approximate surface area is 148 Å². The van der Waals surface area contributed by atoms with Gasteiger partial charge in [0, 0.05) is 23.9 Å². The first kappa shape index (κ1) is 16.7. The zero-order valence-corrected chi connectivity index (χ0v) is 13.9. The van der Waals surface area contributed by atoms with Crippen molar-refractivity contribution in [2.75, 3.05) is 13.1 Å². The zero-order valence-electron chi connectivity index (χ0n) is 13.9. The summed E-state index contributed by atoms with van der Waals surface area (Å²) in [5, 5.41) is 13.9. The highest BCUT2D eigenvalue weighted by atomic mass is 19.2. The summed E-state index contributed by atoms with van der Waals surface area (Å²) in [6.07, 6.45) is 0.720. The van der Waals surface area contributed by atoms with Crippen LogP contribution in [0.25, 0.3) is 10.9 Å². The second-order valence-electron chi connectivity index (χ2n) is 6.47. The van der Waals surface area contributed by atoms with Crippen molar-refractivity contribution in [2.45, 2.75) is 18.4 Å². The number of hydrogen-bond acceptors (Lipinski definition) is 3. The summed E-state index contributed by atoms with van der Waals surface area (Å²) in [4.78, 5) is 12.7. The quantitative estimate of drug-likeness (QED) is 0.676. The molecule has 1 aromatic heterocycles. The Hall–Kier alpha value is -2.80. The van der Waals surface area contributed by atoms with Gasteiger partial charge in [0.15, 0.2) is 17.3 Å². The summed E-state index contributed by atoms with van der Waals surface area (Å²) >= 11 is 0. The molecule has 1 saturated heterocycles. The van der Waals surface area contributed by atoms with Crippen LogP contribution in [-0.4, -0.2) is 35.2 Å². The molecule has 0 saturated carbocycles. The first-order valence-electron chi connectivity index (χ1n) is 8.53. The van der Waals surface area contributed by atoms with Crippen molar-refractivity contribution in [3.05, 3.63) is 65.4 Å². The zero-order chi connectivity index (χ0) is 18.1. The molecule has 1 amide bonds. The van der Waals surface area contributed by atoms with Crippen molar-refractivity contribution in [1.82, 2.24) is 20.8 Å². The molecule has 0 spiro atoms. The van der Waals surface area contributed by atoms with E-state index >= 15 is 0 Å². The van der Waals surface area contributed by atoms with Crippen LogP contribution in [0.1, 0.15) is 28.4 Å². The van der Waals surface area contributed by atoms with Crippen LogP contribution in [0.4, 0.5) is 8.78 Å². The number of para-hydroxylation sites is 1. The number of nitrogens with zero attached hydrogens (tertiary/aromatic N) is 1. The molecule has 26 heavy (non-hydrogen) atoms. The first-order valence-corrected chi connectivity index (χ1v) is 8.53. The maximum atomic E-state index is 13.6. The Morgan fingerprint density at radius 3 is 2.85 bits per heavy atom. The van der Waals surface area contributed by atoms with E-state index in [-0.39, 0.29) is 17.9 Å². The van der Waals surface area contributed by atoms with Crippen molar-refractivity contribution in [1.29, 1.82) is 0 Å². The minimum absolute atomic E-state index is 0.0968.